The first-order chi connectivity index (χ1) is 7.74. The summed E-state index contributed by atoms with van der Waals surface area (Å²) in [6.45, 7) is 0. The van der Waals surface area contributed by atoms with E-state index in [2.05, 4.69) is 10.6 Å². The molecule has 1 aromatic rings. The fourth-order valence-corrected chi connectivity index (χ4v) is 2.48. The normalized spacial score (nSPS) is 22.5. The summed E-state index contributed by atoms with van der Waals surface area (Å²) in [7, 11) is 0. The van der Waals surface area contributed by atoms with Crippen molar-refractivity contribution in [1.29, 1.82) is 0 Å². The molecule has 1 fully saturated rings. The van der Waals surface area contributed by atoms with Gasteiger partial charge in [-0.2, -0.15) is 0 Å². The molecule has 2 aliphatic heterocycles. The lowest BCUT2D eigenvalue weighted by molar-refractivity contribution is -0.115. The number of rotatable bonds is 0. The summed E-state index contributed by atoms with van der Waals surface area (Å²) in [6.07, 6.45) is 0. The van der Waals surface area contributed by atoms with Crippen LogP contribution in [0.2, 0.25) is 0 Å². The molecule has 0 atom stereocenters. The van der Waals surface area contributed by atoms with Crippen LogP contribution in [0.15, 0.2) is 35.1 Å². The number of benzene rings is 1. The van der Waals surface area contributed by atoms with Crippen LogP contribution < -0.4 is 15.4 Å². The van der Waals surface area contributed by atoms with Gasteiger partial charge in [0.25, 0.3) is 5.91 Å². The third-order valence-electron chi connectivity index (χ3n) is 2.17. The zero-order valence-electron chi connectivity index (χ0n) is 7.94. The fraction of sp³-hybridized carbons (Fsp3) is 0. The van der Waals surface area contributed by atoms with Crippen molar-refractivity contribution in [2.75, 3.05) is 5.32 Å². The number of thiocarbonyl (C=S) groups is 1. The smallest absolute Gasteiger partial charge is 0.269 e. The number of para-hydroxylation sites is 2. The minimum Gasteiger partial charge on any atom is -0.437 e. The van der Waals surface area contributed by atoms with E-state index in [-0.39, 0.29) is 5.91 Å². The number of ether oxygens (including phenoxy) is 1. The van der Waals surface area contributed by atoms with E-state index in [9.17, 15) is 4.79 Å². The van der Waals surface area contributed by atoms with Crippen LogP contribution in [-0.4, -0.2) is 10.2 Å². The Labute approximate surface area is 101 Å². The van der Waals surface area contributed by atoms with Gasteiger partial charge in [-0.3, -0.25) is 4.79 Å². The number of hydrogen-bond donors (Lipinski definition) is 2. The standard InChI is InChI=1S/C10H6N2O2S2/c13-8-7(16-10(15)12-8)9-11-5-3-1-2-4-6(5)14-9/h1-4,11H,(H,12,13,15). The third-order valence-corrected chi connectivity index (χ3v) is 3.38. The van der Waals surface area contributed by atoms with Crippen molar-refractivity contribution in [3.63, 3.8) is 0 Å². The van der Waals surface area contributed by atoms with Crippen LogP contribution in [0, 0.1) is 0 Å². The van der Waals surface area contributed by atoms with Crippen molar-refractivity contribution < 1.29 is 9.53 Å². The van der Waals surface area contributed by atoms with Gasteiger partial charge in [0.05, 0.1) is 5.69 Å². The molecule has 4 nitrogen and oxygen atoms in total. The van der Waals surface area contributed by atoms with Gasteiger partial charge in [-0.15, -0.1) is 0 Å². The minimum atomic E-state index is -0.217. The van der Waals surface area contributed by atoms with Crippen LogP contribution in [0.5, 0.6) is 5.75 Å². The average molecular weight is 250 g/mol. The quantitative estimate of drug-likeness (QED) is 0.543. The lowest BCUT2D eigenvalue weighted by Crippen LogP contribution is -2.19. The monoisotopic (exact) mass is 250 g/mol. The summed E-state index contributed by atoms with van der Waals surface area (Å²) in [5, 5.41) is 5.59. The van der Waals surface area contributed by atoms with Crippen molar-refractivity contribution >= 4 is 39.9 Å². The van der Waals surface area contributed by atoms with Crippen molar-refractivity contribution in [2.24, 2.45) is 0 Å². The van der Waals surface area contributed by atoms with E-state index in [1.807, 2.05) is 24.3 Å². The SMILES string of the molecule is O=C1NC(=S)SC1=C1Nc2ccccc2O1. The Kier molecular flexibility index (Phi) is 2.12. The van der Waals surface area contributed by atoms with E-state index >= 15 is 0 Å². The number of carbonyl (C=O) groups excluding carboxylic acids is 1. The highest BCUT2D eigenvalue weighted by Gasteiger charge is 2.30. The van der Waals surface area contributed by atoms with E-state index < -0.39 is 0 Å². The number of carbonyl (C=O) groups is 1. The molecule has 0 radical (unpaired) electrons. The van der Waals surface area contributed by atoms with Gasteiger partial charge in [0.15, 0.2) is 5.75 Å². The molecule has 6 heteroatoms. The molecule has 0 aliphatic carbocycles. The number of nitrogens with one attached hydrogen (secondary N) is 2. The second-order valence-electron chi connectivity index (χ2n) is 3.23. The molecule has 0 spiro atoms. The number of fused-ring (bicyclic) bond motifs is 1. The van der Waals surface area contributed by atoms with Gasteiger partial charge < -0.3 is 15.4 Å². The summed E-state index contributed by atoms with van der Waals surface area (Å²) in [5.41, 5.74) is 0.858. The Morgan fingerprint density at radius 1 is 1.25 bits per heavy atom. The molecule has 0 saturated carbocycles. The molecule has 80 valence electrons. The van der Waals surface area contributed by atoms with E-state index in [1.54, 1.807) is 0 Å². The molecule has 2 aliphatic rings. The van der Waals surface area contributed by atoms with Gasteiger partial charge in [0.1, 0.15) is 9.23 Å². The first kappa shape index (κ1) is 9.68. The Morgan fingerprint density at radius 2 is 2.06 bits per heavy atom. The number of hydrogen-bond acceptors (Lipinski definition) is 5. The Balaban J connectivity index is 1.99. The Morgan fingerprint density at radius 3 is 2.75 bits per heavy atom. The molecule has 0 aromatic heterocycles. The molecule has 0 unspecified atom stereocenters. The molecule has 2 heterocycles. The lowest BCUT2D eigenvalue weighted by atomic mass is 10.3. The van der Waals surface area contributed by atoms with Crippen LogP contribution in [-0.2, 0) is 4.79 Å². The van der Waals surface area contributed by atoms with E-state index in [4.69, 9.17) is 17.0 Å². The van der Waals surface area contributed by atoms with Crippen LogP contribution in [0.4, 0.5) is 5.69 Å². The van der Waals surface area contributed by atoms with Crippen molar-refractivity contribution in [1.82, 2.24) is 5.32 Å². The number of anilines is 1. The highest BCUT2D eigenvalue weighted by Crippen LogP contribution is 2.37. The predicted octanol–water partition coefficient (Wildman–Crippen LogP) is 1.81. The summed E-state index contributed by atoms with van der Waals surface area (Å²) < 4.78 is 5.99. The van der Waals surface area contributed by atoms with E-state index in [0.717, 1.165) is 11.4 Å². The van der Waals surface area contributed by atoms with Crippen LogP contribution in [0.1, 0.15) is 0 Å². The van der Waals surface area contributed by atoms with Gasteiger partial charge in [0.2, 0.25) is 5.88 Å². The zero-order valence-corrected chi connectivity index (χ0v) is 9.58. The van der Waals surface area contributed by atoms with Gasteiger partial charge in [-0.1, -0.05) is 24.4 Å². The van der Waals surface area contributed by atoms with Gasteiger partial charge >= 0.3 is 0 Å². The molecule has 2 N–H and O–H groups in total. The summed E-state index contributed by atoms with van der Waals surface area (Å²) in [5.74, 6) is 0.949. The van der Waals surface area contributed by atoms with Crippen LogP contribution in [0.25, 0.3) is 0 Å². The van der Waals surface area contributed by atoms with Crippen molar-refractivity contribution in [2.45, 2.75) is 0 Å². The Hall–Kier alpha value is -1.53. The molecule has 3 rings (SSSR count). The second-order valence-corrected chi connectivity index (χ2v) is 4.91. The van der Waals surface area contributed by atoms with Crippen molar-refractivity contribution in [3.05, 3.63) is 35.1 Å². The predicted molar refractivity (Wildman–Crippen MR) is 66.1 cm³/mol. The first-order valence-electron chi connectivity index (χ1n) is 4.55. The van der Waals surface area contributed by atoms with Gasteiger partial charge in [0, 0.05) is 0 Å². The Bertz CT molecular complexity index is 512. The maximum Gasteiger partial charge on any atom is 0.269 e. The molecular weight excluding hydrogens is 244 g/mol. The third kappa shape index (κ3) is 1.46. The lowest BCUT2D eigenvalue weighted by Gasteiger charge is -1.99. The fourth-order valence-electron chi connectivity index (χ4n) is 1.48. The van der Waals surface area contributed by atoms with E-state index in [0.29, 0.717) is 15.1 Å². The molecule has 16 heavy (non-hydrogen) atoms. The minimum absolute atomic E-state index is 0.217. The maximum atomic E-state index is 11.5. The maximum absolute atomic E-state index is 11.5. The van der Waals surface area contributed by atoms with Gasteiger partial charge in [-0.25, -0.2) is 0 Å². The highest BCUT2D eigenvalue weighted by atomic mass is 32.2. The first-order valence-corrected chi connectivity index (χ1v) is 5.78. The van der Waals surface area contributed by atoms with Crippen LogP contribution >= 0.6 is 24.0 Å². The van der Waals surface area contributed by atoms with E-state index in [1.165, 1.54) is 11.8 Å². The highest BCUT2D eigenvalue weighted by molar-refractivity contribution is 8.26. The van der Waals surface area contributed by atoms with Gasteiger partial charge in [-0.05, 0) is 23.9 Å². The van der Waals surface area contributed by atoms with Crippen LogP contribution in [0.3, 0.4) is 0 Å². The number of amides is 1. The average Bonchev–Trinajstić information content (AvgIpc) is 2.81. The molecule has 1 amide bonds. The second kappa shape index (κ2) is 3.50. The summed E-state index contributed by atoms with van der Waals surface area (Å²) >= 11 is 6.11. The molecular formula is C10H6N2O2S2. The van der Waals surface area contributed by atoms with Crippen molar-refractivity contribution in [3.8, 4) is 5.75 Å². The topological polar surface area (TPSA) is 50.4 Å². The molecule has 0 bridgehead atoms. The molecule has 1 aromatic carbocycles. The summed E-state index contributed by atoms with van der Waals surface area (Å²) in [6, 6.07) is 7.50. The number of thioether (sulfide) groups is 1. The zero-order chi connectivity index (χ0) is 11.1. The largest absolute Gasteiger partial charge is 0.437 e. The summed E-state index contributed by atoms with van der Waals surface area (Å²) in [4.78, 5) is 12.0. The molecule has 1 saturated heterocycles.